The minimum absolute atomic E-state index is 0.0659. The van der Waals surface area contributed by atoms with Gasteiger partial charge in [-0.05, 0) is 35.3 Å². The third-order valence-electron chi connectivity index (χ3n) is 2.91. The number of halogens is 1. The number of carbonyl (C=O) groups is 1. The molecule has 0 bridgehead atoms. The summed E-state index contributed by atoms with van der Waals surface area (Å²) in [6.07, 6.45) is 6.09. The molecule has 0 aliphatic heterocycles. The van der Waals surface area contributed by atoms with E-state index in [4.69, 9.17) is 0 Å². The summed E-state index contributed by atoms with van der Waals surface area (Å²) in [4.78, 5) is 23.4. The lowest BCUT2D eigenvalue weighted by Crippen LogP contribution is -2.37. The highest BCUT2D eigenvalue weighted by Crippen LogP contribution is 2.05. The molecule has 0 radical (unpaired) electrons. The first kappa shape index (κ1) is 16.0. The molecule has 1 N–H and O–H groups in total. The van der Waals surface area contributed by atoms with Crippen molar-refractivity contribution < 1.29 is 4.79 Å². The van der Waals surface area contributed by atoms with Gasteiger partial charge in [0.05, 0.1) is 0 Å². The number of nitrogens with one attached hydrogen (secondary N) is 1. The van der Waals surface area contributed by atoms with E-state index in [9.17, 15) is 9.59 Å². The van der Waals surface area contributed by atoms with Gasteiger partial charge in [-0.1, -0.05) is 26.2 Å². The highest BCUT2D eigenvalue weighted by Gasteiger charge is 2.08. The molecule has 1 rings (SSSR count). The molecule has 0 fully saturated rings. The van der Waals surface area contributed by atoms with Crippen molar-refractivity contribution in [2.75, 3.05) is 0 Å². The zero-order chi connectivity index (χ0) is 14.3. The second-order valence-electron chi connectivity index (χ2n) is 4.78. The molecule has 0 spiro atoms. The molecule has 0 saturated carbocycles. The van der Waals surface area contributed by atoms with E-state index >= 15 is 0 Å². The van der Waals surface area contributed by atoms with Gasteiger partial charge in [0.1, 0.15) is 6.54 Å². The fourth-order valence-electron chi connectivity index (χ4n) is 1.87. The number of unbranched alkanes of at least 4 members (excludes halogenated alkanes) is 2. The predicted molar refractivity (Wildman–Crippen MR) is 80.1 cm³/mol. The lowest BCUT2D eigenvalue weighted by molar-refractivity contribution is -0.122. The van der Waals surface area contributed by atoms with Crippen molar-refractivity contribution in [1.82, 2.24) is 9.88 Å². The van der Waals surface area contributed by atoms with Crippen LogP contribution < -0.4 is 10.9 Å². The number of nitrogens with zero attached hydrogens (tertiary/aromatic N) is 1. The Labute approximate surface area is 122 Å². The minimum Gasteiger partial charge on any atom is -0.352 e. The van der Waals surface area contributed by atoms with Crippen LogP contribution in [-0.2, 0) is 11.3 Å². The Hall–Kier alpha value is -1.10. The lowest BCUT2D eigenvalue weighted by Gasteiger charge is -2.14. The van der Waals surface area contributed by atoms with Gasteiger partial charge in [-0.3, -0.25) is 9.59 Å². The van der Waals surface area contributed by atoms with Crippen molar-refractivity contribution >= 4 is 21.8 Å². The minimum atomic E-state index is -0.169. The molecule has 0 unspecified atom stereocenters. The third kappa shape index (κ3) is 6.05. The summed E-state index contributed by atoms with van der Waals surface area (Å²) >= 11 is 3.29. The van der Waals surface area contributed by atoms with E-state index in [-0.39, 0.29) is 24.1 Å². The first-order chi connectivity index (χ1) is 9.02. The monoisotopic (exact) mass is 328 g/mol. The molecule has 0 aliphatic carbocycles. The fourth-order valence-corrected chi connectivity index (χ4v) is 2.25. The van der Waals surface area contributed by atoms with Gasteiger partial charge < -0.3 is 9.88 Å². The zero-order valence-corrected chi connectivity index (χ0v) is 13.1. The SMILES string of the molecule is CCCCC[C@@H](C)NC(=O)Cn1cc(Br)ccc1=O. The van der Waals surface area contributed by atoms with Gasteiger partial charge in [0.15, 0.2) is 0 Å². The maximum Gasteiger partial charge on any atom is 0.251 e. The summed E-state index contributed by atoms with van der Waals surface area (Å²) in [7, 11) is 0. The van der Waals surface area contributed by atoms with Crippen LogP contribution in [0.4, 0.5) is 0 Å². The summed E-state index contributed by atoms with van der Waals surface area (Å²) in [5, 5.41) is 2.92. The van der Waals surface area contributed by atoms with Crippen molar-refractivity contribution in [2.24, 2.45) is 0 Å². The van der Waals surface area contributed by atoms with Gasteiger partial charge in [-0.25, -0.2) is 0 Å². The predicted octanol–water partition coefficient (Wildman–Crippen LogP) is 2.70. The Morgan fingerprint density at radius 3 is 2.84 bits per heavy atom. The topological polar surface area (TPSA) is 51.1 Å². The quantitative estimate of drug-likeness (QED) is 0.782. The van der Waals surface area contributed by atoms with E-state index in [0.717, 1.165) is 17.3 Å². The molecular formula is C14H21BrN2O2. The van der Waals surface area contributed by atoms with E-state index in [1.54, 1.807) is 12.3 Å². The van der Waals surface area contributed by atoms with Crippen LogP contribution in [0.25, 0.3) is 0 Å². The van der Waals surface area contributed by atoms with E-state index in [0.29, 0.717) is 0 Å². The van der Waals surface area contributed by atoms with Crippen LogP contribution in [0.1, 0.15) is 39.5 Å². The van der Waals surface area contributed by atoms with E-state index in [2.05, 4.69) is 28.2 Å². The summed E-state index contributed by atoms with van der Waals surface area (Å²) < 4.78 is 2.19. The molecule has 1 heterocycles. The summed E-state index contributed by atoms with van der Waals surface area (Å²) in [5.41, 5.74) is -0.169. The van der Waals surface area contributed by atoms with Crippen LogP contribution >= 0.6 is 15.9 Å². The molecule has 1 aromatic rings. The number of amides is 1. The Morgan fingerprint density at radius 2 is 2.16 bits per heavy atom. The van der Waals surface area contributed by atoms with Gasteiger partial charge in [-0.2, -0.15) is 0 Å². The van der Waals surface area contributed by atoms with Gasteiger partial charge in [0, 0.05) is 22.8 Å². The molecule has 1 aromatic heterocycles. The van der Waals surface area contributed by atoms with Crippen molar-refractivity contribution in [3.05, 3.63) is 33.2 Å². The van der Waals surface area contributed by atoms with Crippen LogP contribution in [0, 0.1) is 0 Å². The van der Waals surface area contributed by atoms with Gasteiger partial charge in [0.2, 0.25) is 5.91 Å². The highest BCUT2D eigenvalue weighted by molar-refractivity contribution is 9.10. The lowest BCUT2D eigenvalue weighted by atomic mass is 10.1. The number of pyridine rings is 1. The first-order valence-corrected chi connectivity index (χ1v) is 7.47. The largest absolute Gasteiger partial charge is 0.352 e. The molecule has 0 aromatic carbocycles. The number of rotatable bonds is 7. The normalized spacial score (nSPS) is 12.2. The van der Waals surface area contributed by atoms with Crippen LogP contribution in [0.5, 0.6) is 0 Å². The van der Waals surface area contributed by atoms with E-state index < -0.39 is 0 Å². The maximum atomic E-state index is 11.8. The zero-order valence-electron chi connectivity index (χ0n) is 11.5. The molecule has 1 atom stereocenters. The first-order valence-electron chi connectivity index (χ1n) is 6.68. The average Bonchev–Trinajstić information content (AvgIpc) is 2.34. The Morgan fingerprint density at radius 1 is 1.42 bits per heavy atom. The number of hydrogen-bond acceptors (Lipinski definition) is 2. The second kappa shape index (κ2) is 8.15. The summed E-state index contributed by atoms with van der Waals surface area (Å²) in [6, 6.07) is 3.27. The van der Waals surface area contributed by atoms with Crippen LogP contribution in [0.2, 0.25) is 0 Å². The van der Waals surface area contributed by atoms with E-state index in [1.165, 1.54) is 23.5 Å². The van der Waals surface area contributed by atoms with E-state index in [1.807, 2.05) is 6.92 Å². The molecule has 1 amide bonds. The van der Waals surface area contributed by atoms with Crippen molar-refractivity contribution in [1.29, 1.82) is 0 Å². The van der Waals surface area contributed by atoms with Crippen LogP contribution in [0.15, 0.2) is 27.6 Å². The van der Waals surface area contributed by atoms with Gasteiger partial charge in [-0.15, -0.1) is 0 Å². The number of aromatic nitrogens is 1. The van der Waals surface area contributed by atoms with Crippen LogP contribution in [0.3, 0.4) is 0 Å². The van der Waals surface area contributed by atoms with Crippen LogP contribution in [-0.4, -0.2) is 16.5 Å². The second-order valence-corrected chi connectivity index (χ2v) is 5.69. The standard InChI is InChI=1S/C14H21BrN2O2/c1-3-4-5-6-11(2)16-13(18)10-17-9-12(15)7-8-14(17)19/h7-9,11H,3-6,10H2,1-2H3,(H,16,18)/t11-/m1/s1. The third-order valence-corrected chi connectivity index (χ3v) is 3.38. The maximum absolute atomic E-state index is 11.8. The summed E-state index contributed by atoms with van der Waals surface area (Å²) in [6.45, 7) is 4.22. The molecule has 4 nitrogen and oxygen atoms in total. The average molecular weight is 329 g/mol. The summed E-state index contributed by atoms with van der Waals surface area (Å²) in [5.74, 6) is -0.121. The molecular weight excluding hydrogens is 308 g/mol. The smallest absolute Gasteiger partial charge is 0.251 e. The highest BCUT2D eigenvalue weighted by atomic mass is 79.9. The fraction of sp³-hybridized carbons (Fsp3) is 0.571. The molecule has 19 heavy (non-hydrogen) atoms. The molecule has 5 heteroatoms. The number of carbonyl (C=O) groups excluding carboxylic acids is 1. The van der Waals surface area contributed by atoms with Gasteiger partial charge in [0.25, 0.3) is 5.56 Å². The van der Waals surface area contributed by atoms with Crippen molar-refractivity contribution in [3.63, 3.8) is 0 Å². The van der Waals surface area contributed by atoms with Crippen molar-refractivity contribution in [2.45, 2.75) is 52.1 Å². The molecule has 0 saturated heterocycles. The van der Waals surface area contributed by atoms with Crippen molar-refractivity contribution in [3.8, 4) is 0 Å². The van der Waals surface area contributed by atoms with Gasteiger partial charge >= 0.3 is 0 Å². The Bertz CT molecular complexity index is 471. The molecule has 0 aliphatic rings. The number of hydrogen-bond donors (Lipinski definition) is 1. The molecule has 106 valence electrons. The Balaban J connectivity index is 2.46. The Kier molecular flexibility index (Phi) is 6.84.